The van der Waals surface area contributed by atoms with Crippen LogP contribution in [-0.2, 0) is 0 Å². The lowest BCUT2D eigenvalue weighted by molar-refractivity contribution is 0.256. The van der Waals surface area contributed by atoms with E-state index in [1.165, 1.54) is 0 Å². The highest BCUT2D eigenvalue weighted by Gasteiger charge is 2.22. The highest BCUT2D eigenvalue weighted by Crippen LogP contribution is 2.09. The van der Waals surface area contributed by atoms with Gasteiger partial charge in [-0.05, 0) is 18.9 Å². The van der Waals surface area contributed by atoms with Crippen molar-refractivity contribution in [2.45, 2.75) is 12.5 Å². The third kappa shape index (κ3) is 1.64. The van der Waals surface area contributed by atoms with Crippen LogP contribution in [0.3, 0.4) is 0 Å². The lowest BCUT2D eigenvalue weighted by Gasteiger charge is -2.10. The Morgan fingerprint density at radius 3 is 2.78 bits per heavy atom. The van der Waals surface area contributed by atoms with Gasteiger partial charge < -0.3 is 16.2 Å². The maximum atomic E-state index is 8.56. The van der Waals surface area contributed by atoms with E-state index in [1.54, 1.807) is 0 Å². The van der Waals surface area contributed by atoms with Gasteiger partial charge in [-0.15, -0.1) is 0 Å². The number of nitrogens with two attached hydrogens (primary N) is 1. The largest absolute Gasteiger partial charge is 0.396 e. The van der Waals surface area contributed by atoms with Gasteiger partial charge in [0.1, 0.15) is 0 Å². The highest BCUT2D eigenvalue weighted by atomic mass is 16.3. The molecule has 2 unspecified atom stereocenters. The van der Waals surface area contributed by atoms with Crippen LogP contribution in [0.5, 0.6) is 0 Å². The first-order chi connectivity index (χ1) is 4.34. The normalized spacial score (nSPS) is 35.3. The van der Waals surface area contributed by atoms with Gasteiger partial charge in [0.2, 0.25) is 0 Å². The lowest BCUT2D eigenvalue weighted by atomic mass is 10.0. The summed E-state index contributed by atoms with van der Waals surface area (Å²) in [5.41, 5.74) is 5.69. The van der Waals surface area contributed by atoms with E-state index in [1.807, 2.05) is 0 Å². The quantitative estimate of drug-likeness (QED) is 0.445. The van der Waals surface area contributed by atoms with Gasteiger partial charge in [-0.25, -0.2) is 0 Å². The smallest absolute Gasteiger partial charge is 0.0434 e. The number of rotatable bonds is 2. The van der Waals surface area contributed by atoms with Crippen molar-refractivity contribution in [2.24, 2.45) is 11.7 Å². The van der Waals surface area contributed by atoms with E-state index < -0.39 is 0 Å². The Hall–Kier alpha value is -0.120. The van der Waals surface area contributed by atoms with Gasteiger partial charge in [0, 0.05) is 19.2 Å². The van der Waals surface area contributed by atoms with Crippen LogP contribution in [0.15, 0.2) is 0 Å². The van der Waals surface area contributed by atoms with Crippen molar-refractivity contribution in [1.82, 2.24) is 5.32 Å². The number of hydrogen-bond donors (Lipinski definition) is 3. The molecule has 3 nitrogen and oxygen atoms in total. The second-order valence-electron chi connectivity index (χ2n) is 2.59. The Bertz CT molecular complexity index is 87.1. The molecule has 0 aliphatic carbocycles. The summed E-state index contributed by atoms with van der Waals surface area (Å²) >= 11 is 0. The summed E-state index contributed by atoms with van der Waals surface area (Å²) in [6, 6.07) is 0.261. The SMILES string of the molecule is NC1CNCC1CCO. The first-order valence-electron chi connectivity index (χ1n) is 3.41. The van der Waals surface area contributed by atoms with Crippen molar-refractivity contribution >= 4 is 0 Å². The molecule has 9 heavy (non-hydrogen) atoms. The van der Waals surface area contributed by atoms with Crippen LogP contribution in [0.25, 0.3) is 0 Å². The van der Waals surface area contributed by atoms with Gasteiger partial charge in [-0.1, -0.05) is 0 Å². The van der Waals surface area contributed by atoms with Crippen LogP contribution in [0.2, 0.25) is 0 Å². The predicted molar refractivity (Wildman–Crippen MR) is 36.0 cm³/mol. The summed E-state index contributed by atoms with van der Waals surface area (Å²) in [6.45, 7) is 2.15. The number of aliphatic hydroxyl groups excluding tert-OH is 1. The van der Waals surface area contributed by atoms with Crippen molar-refractivity contribution in [3.8, 4) is 0 Å². The summed E-state index contributed by atoms with van der Waals surface area (Å²) in [7, 11) is 0. The molecule has 0 aromatic heterocycles. The third-order valence-electron chi connectivity index (χ3n) is 1.89. The molecular formula is C6H14N2O. The van der Waals surface area contributed by atoms with E-state index in [-0.39, 0.29) is 12.6 Å². The molecule has 1 heterocycles. The first kappa shape index (κ1) is 6.99. The van der Waals surface area contributed by atoms with Gasteiger partial charge in [0.25, 0.3) is 0 Å². The molecule has 2 atom stereocenters. The summed E-state index contributed by atoms with van der Waals surface area (Å²) in [5.74, 6) is 0.495. The number of hydrogen-bond acceptors (Lipinski definition) is 3. The average molecular weight is 130 g/mol. The Labute approximate surface area is 55.2 Å². The molecule has 3 heteroatoms. The van der Waals surface area contributed by atoms with E-state index in [0.29, 0.717) is 5.92 Å². The maximum Gasteiger partial charge on any atom is 0.0434 e. The van der Waals surface area contributed by atoms with Crippen LogP contribution < -0.4 is 11.1 Å². The number of aliphatic hydroxyl groups is 1. The van der Waals surface area contributed by atoms with Gasteiger partial charge in [0.15, 0.2) is 0 Å². The topological polar surface area (TPSA) is 58.3 Å². The molecule has 0 radical (unpaired) electrons. The van der Waals surface area contributed by atoms with E-state index >= 15 is 0 Å². The van der Waals surface area contributed by atoms with Crippen LogP contribution in [-0.4, -0.2) is 30.8 Å². The number of nitrogens with one attached hydrogen (secondary N) is 1. The van der Waals surface area contributed by atoms with E-state index in [0.717, 1.165) is 19.5 Å². The minimum atomic E-state index is 0.261. The maximum absolute atomic E-state index is 8.56. The molecule has 4 N–H and O–H groups in total. The molecule has 0 spiro atoms. The average Bonchev–Trinajstić information content (AvgIpc) is 2.18. The minimum Gasteiger partial charge on any atom is -0.396 e. The zero-order valence-corrected chi connectivity index (χ0v) is 5.51. The minimum absolute atomic E-state index is 0.261. The highest BCUT2D eigenvalue weighted by molar-refractivity contribution is 4.83. The molecule has 1 rings (SSSR count). The monoisotopic (exact) mass is 130 g/mol. The molecule has 0 aromatic rings. The van der Waals surface area contributed by atoms with Crippen molar-refractivity contribution in [2.75, 3.05) is 19.7 Å². The second kappa shape index (κ2) is 3.15. The molecule has 0 amide bonds. The van der Waals surface area contributed by atoms with Crippen LogP contribution in [0, 0.1) is 5.92 Å². The fourth-order valence-corrected chi connectivity index (χ4v) is 1.24. The molecule has 0 saturated carbocycles. The van der Waals surface area contributed by atoms with Gasteiger partial charge in [0.05, 0.1) is 0 Å². The van der Waals surface area contributed by atoms with Crippen LogP contribution in [0.1, 0.15) is 6.42 Å². The summed E-state index contributed by atoms with van der Waals surface area (Å²) < 4.78 is 0. The molecule has 1 aliphatic rings. The molecular weight excluding hydrogens is 116 g/mol. The molecule has 1 fully saturated rings. The Morgan fingerprint density at radius 1 is 1.56 bits per heavy atom. The van der Waals surface area contributed by atoms with Crippen molar-refractivity contribution in [1.29, 1.82) is 0 Å². The standard InChI is InChI=1S/C6H14N2O/c7-6-4-8-3-5(6)1-2-9/h5-6,8-9H,1-4,7H2. The summed E-state index contributed by atoms with van der Waals surface area (Å²) in [4.78, 5) is 0. The molecule has 54 valence electrons. The Morgan fingerprint density at radius 2 is 2.33 bits per heavy atom. The lowest BCUT2D eigenvalue weighted by Crippen LogP contribution is -2.29. The van der Waals surface area contributed by atoms with Gasteiger partial charge >= 0.3 is 0 Å². The van der Waals surface area contributed by atoms with Crippen molar-refractivity contribution in [3.05, 3.63) is 0 Å². The van der Waals surface area contributed by atoms with E-state index in [4.69, 9.17) is 10.8 Å². The Kier molecular flexibility index (Phi) is 2.45. The summed E-state index contributed by atoms with van der Waals surface area (Å²) in [5, 5.41) is 11.7. The fraction of sp³-hybridized carbons (Fsp3) is 1.00. The zero-order valence-electron chi connectivity index (χ0n) is 5.51. The van der Waals surface area contributed by atoms with Crippen LogP contribution in [0.4, 0.5) is 0 Å². The Balaban J connectivity index is 2.22. The summed E-state index contributed by atoms with van der Waals surface area (Å²) in [6.07, 6.45) is 0.841. The molecule has 0 aromatic carbocycles. The molecule has 1 aliphatic heterocycles. The first-order valence-corrected chi connectivity index (χ1v) is 3.41. The second-order valence-corrected chi connectivity index (χ2v) is 2.59. The predicted octanol–water partition coefficient (Wildman–Crippen LogP) is -1.08. The van der Waals surface area contributed by atoms with E-state index in [2.05, 4.69) is 5.32 Å². The third-order valence-corrected chi connectivity index (χ3v) is 1.89. The fourth-order valence-electron chi connectivity index (χ4n) is 1.24. The van der Waals surface area contributed by atoms with Gasteiger partial charge in [-0.2, -0.15) is 0 Å². The van der Waals surface area contributed by atoms with Crippen molar-refractivity contribution in [3.63, 3.8) is 0 Å². The van der Waals surface area contributed by atoms with Gasteiger partial charge in [-0.3, -0.25) is 0 Å². The molecule has 0 bridgehead atoms. The van der Waals surface area contributed by atoms with Crippen molar-refractivity contribution < 1.29 is 5.11 Å². The van der Waals surface area contributed by atoms with Crippen LogP contribution >= 0.6 is 0 Å². The molecule has 1 saturated heterocycles. The van der Waals surface area contributed by atoms with E-state index in [9.17, 15) is 0 Å². The zero-order chi connectivity index (χ0) is 6.69.